The van der Waals surface area contributed by atoms with E-state index < -0.39 is 10.0 Å². The van der Waals surface area contributed by atoms with Crippen LogP contribution in [0.2, 0.25) is 0 Å². The molecule has 0 aliphatic heterocycles. The Hall–Kier alpha value is -0.920. The second-order valence-electron chi connectivity index (χ2n) is 4.38. The van der Waals surface area contributed by atoms with Crippen LogP contribution < -0.4 is 15.2 Å². The van der Waals surface area contributed by atoms with Gasteiger partial charge in [0.05, 0.1) is 11.4 Å². The van der Waals surface area contributed by atoms with Crippen LogP contribution in [0.4, 0.5) is 5.69 Å². The van der Waals surface area contributed by atoms with Gasteiger partial charge in [0.2, 0.25) is 10.0 Å². The van der Waals surface area contributed by atoms with Gasteiger partial charge in [0.1, 0.15) is 12.4 Å². The summed E-state index contributed by atoms with van der Waals surface area (Å²) in [5, 5.41) is 0. The van der Waals surface area contributed by atoms with Gasteiger partial charge in [-0.2, -0.15) is 11.8 Å². The van der Waals surface area contributed by atoms with Crippen LogP contribution in [-0.4, -0.2) is 38.3 Å². The molecule has 7 heteroatoms. The molecule has 114 valence electrons. The van der Waals surface area contributed by atoms with E-state index in [1.165, 1.54) is 0 Å². The Bertz CT molecular complexity index is 506. The first-order valence-electron chi connectivity index (χ1n) is 6.49. The van der Waals surface area contributed by atoms with Crippen LogP contribution >= 0.6 is 11.8 Å². The molecule has 20 heavy (non-hydrogen) atoms. The van der Waals surface area contributed by atoms with Gasteiger partial charge in [-0.25, -0.2) is 13.1 Å². The molecule has 0 radical (unpaired) electrons. The fraction of sp³-hybridized carbons (Fsp3) is 0.538. The van der Waals surface area contributed by atoms with Gasteiger partial charge in [-0.3, -0.25) is 0 Å². The quantitative estimate of drug-likeness (QED) is 0.677. The van der Waals surface area contributed by atoms with Crippen molar-refractivity contribution in [2.24, 2.45) is 0 Å². The minimum Gasteiger partial charge on any atom is -0.490 e. The van der Waals surface area contributed by atoms with Crippen molar-refractivity contribution in [2.75, 3.05) is 29.6 Å². The number of nitrogens with one attached hydrogen (secondary N) is 1. The second kappa shape index (κ2) is 8.39. The summed E-state index contributed by atoms with van der Waals surface area (Å²) in [6, 6.07) is 6.95. The molecule has 0 saturated carbocycles. The zero-order valence-corrected chi connectivity index (χ0v) is 13.5. The number of thioether (sulfide) groups is 1. The molecular formula is C13H22N2O3S2. The van der Waals surface area contributed by atoms with E-state index in [9.17, 15) is 8.42 Å². The normalized spacial score (nSPS) is 13.1. The maximum Gasteiger partial charge on any atom is 0.215 e. The lowest BCUT2D eigenvalue weighted by molar-refractivity contribution is 0.342. The van der Waals surface area contributed by atoms with Crippen LogP contribution in [0.1, 0.15) is 13.8 Å². The lowest BCUT2D eigenvalue weighted by Crippen LogP contribution is -2.37. The number of nitrogen functional groups attached to an aromatic ring is 1. The van der Waals surface area contributed by atoms with E-state index in [1.807, 2.05) is 13.8 Å². The number of ether oxygens (including phenoxy) is 1. The van der Waals surface area contributed by atoms with Crippen LogP contribution in [0.15, 0.2) is 24.3 Å². The number of para-hydroxylation sites is 2. The molecule has 1 rings (SSSR count). The third kappa shape index (κ3) is 6.49. The first-order valence-corrected chi connectivity index (χ1v) is 9.30. The number of nitrogens with two attached hydrogens (primary N) is 1. The van der Waals surface area contributed by atoms with E-state index in [-0.39, 0.29) is 18.4 Å². The largest absolute Gasteiger partial charge is 0.490 e. The maximum atomic E-state index is 11.8. The first-order chi connectivity index (χ1) is 9.44. The summed E-state index contributed by atoms with van der Waals surface area (Å²) in [6.07, 6.45) is 0. The van der Waals surface area contributed by atoms with Gasteiger partial charge in [0.25, 0.3) is 0 Å². The summed E-state index contributed by atoms with van der Waals surface area (Å²) < 4.78 is 31.7. The van der Waals surface area contributed by atoms with E-state index in [0.717, 1.165) is 11.5 Å². The highest BCUT2D eigenvalue weighted by Crippen LogP contribution is 2.19. The Morgan fingerprint density at radius 1 is 1.40 bits per heavy atom. The van der Waals surface area contributed by atoms with Crippen LogP contribution in [0.25, 0.3) is 0 Å². The van der Waals surface area contributed by atoms with Gasteiger partial charge in [0.15, 0.2) is 0 Å². The van der Waals surface area contributed by atoms with Gasteiger partial charge >= 0.3 is 0 Å². The summed E-state index contributed by atoms with van der Waals surface area (Å²) >= 11 is 1.70. The summed E-state index contributed by atoms with van der Waals surface area (Å²) in [7, 11) is -3.32. The molecular weight excluding hydrogens is 296 g/mol. The van der Waals surface area contributed by atoms with Gasteiger partial charge < -0.3 is 10.5 Å². The highest BCUT2D eigenvalue weighted by atomic mass is 32.2. The van der Waals surface area contributed by atoms with E-state index in [4.69, 9.17) is 10.5 Å². The average molecular weight is 318 g/mol. The molecule has 0 aliphatic rings. The number of rotatable bonds is 9. The molecule has 0 bridgehead atoms. The summed E-state index contributed by atoms with van der Waals surface area (Å²) in [4.78, 5) is 0. The van der Waals surface area contributed by atoms with Crippen LogP contribution in [0.3, 0.4) is 0 Å². The predicted octanol–water partition coefficient (Wildman–Crippen LogP) is 1.71. The molecule has 1 aromatic rings. The van der Waals surface area contributed by atoms with Crippen LogP contribution in [0.5, 0.6) is 5.75 Å². The van der Waals surface area contributed by atoms with E-state index >= 15 is 0 Å². The zero-order chi connectivity index (χ0) is 15.0. The molecule has 0 aliphatic carbocycles. The summed E-state index contributed by atoms with van der Waals surface area (Å²) in [6.45, 7) is 3.98. The molecule has 1 aromatic carbocycles. The Kier molecular flexibility index (Phi) is 7.18. The number of sulfonamides is 1. The maximum absolute atomic E-state index is 11.8. The minimum atomic E-state index is -3.32. The average Bonchev–Trinajstić information content (AvgIpc) is 2.38. The first kappa shape index (κ1) is 17.1. The fourth-order valence-electron chi connectivity index (χ4n) is 1.57. The van der Waals surface area contributed by atoms with Gasteiger partial charge in [-0.15, -0.1) is 0 Å². The smallest absolute Gasteiger partial charge is 0.215 e. The minimum absolute atomic E-state index is 0.0771. The number of benzene rings is 1. The summed E-state index contributed by atoms with van der Waals surface area (Å²) in [5.74, 6) is 2.17. The number of anilines is 1. The lowest BCUT2D eigenvalue weighted by atomic mass is 10.3. The molecule has 5 nitrogen and oxygen atoms in total. The molecule has 0 saturated heterocycles. The van der Waals surface area contributed by atoms with Crippen molar-refractivity contribution in [3.05, 3.63) is 24.3 Å². The van der Waals surface area contributed by atoms with Crippen molar-refractivity contribution in [2.45, 2.75) is 19.9 Å². The fourth-order valence-corrected chi connectivity index (χ4v) is 3.46. The van der Waals surface area contributed by atoms with Crippen molar-refractivity contribution in [3.8, 4) is 5.75 Å². The molecule has 0 amide bonds. The zero-order valence-electron chi connectivity index (χ0n) is 11.8. The Labute approximate surface area is 125 Å². The molecule has 0 fully saturated rings. The van der Waals surface area contributed by atoms with Gasteiger partial charge in [-0.05, 0) is 24.8 Å². The van der Waals surface area contributed by atoms with Gasteiger partial charge in [0, 0.05) is 11.8 Å². The monoisotopic (exact) mass is 318 g/mol. The Morgan fingerprint density at radius 2 is 2.10 bits per heavy atom. The van der Waals surface area contributed by atoms with Crippen molar-refractivity contribution in [3.63, 3.8) is 0 Å². The van der Waals surface area contributed by atoms with Crippen molar-refractivity contribution < 1.29 is 13.2 Å². The van der Waals surface area contributed by atoms with E-state index in [1.54, 1.807) is 36.0 Å². The van der Waals surface area contributed by atoms with E-state index in [2.05, 4.69) is 4.72 Å². The molecule has 0 spiro atoms. The lowest BCUT2D eigenvalue weighted by Gasteiger charge is -2.14. The molecule has 0 aromatic heterocycles. The third-order valence-electron chi connectivity index (χ3n) is 2.48. The standard InChI is InChI=1S/C13H22N2O3S2/c1-3-19-10-11(2)15-20(16,17)9-8-18-13-7-5-4-6-12(13)14/h4-7,11,15H,3,8-10,14H2,1-2H3. The molecule has 3 N–H and O–H groups in total. The Balaban J connectivity index is 2.38. The molecule has 0 heterocycles. The van der Waals surface area contributed by atoms with Crippen molar-refractivity contribution >= 4 is 27.5 Å². The van der Waals surface area contributed by atoms with Crippen molar-refractivity contribution in [1.82, 2.24) is 4.72 Å². The SMILES string of the molecule is CCSCC(C)NS(=O)(=O)CCOc1ccccc1N. The number of hydrogen-bond acceptors (Lipinski definition) is 5. The highest BCUT2D eigenvalue weighted by molar-refractivity contribution is 7.99. The topological polar surface area (TPSA) is 81.4 Å². The number of hydrogen-bond donors (Lipinski definition) is 2. The van der Waals surface area contributed by atoms with E-state index in [0.29, 0.717) is 11.4 Å². The predicted molar refractivity (Wildman–Crippen MR) is 85.7 cm³/mol. The molecule has 1 unspecified atom stereocenters. The molecule has 1 atom stereocenters. The van der Waals surface area contributed by atoms with Crippen LogP contribution in [-0.2, 0) is 10.0 Å². The van der Waals surface area contributed by atoms with Crippen LogP contribution in [0, 0.1) is 0 Å². The second-order valence-corrected chi connectivity index (χ2v) is 7.58. The third-order valence-corrected chi connectivity index (χ3v) is 5.09. The van der Waals surface area contributed by atoms with Crippen molar-refractivity contribution in [1.29, 1.82) is 0 Å². The summed E-state index contributed by atoms with van der Waals surface area (Å²) in [5.41, 5.74) is 6.22. The highest BCUT2D eigenvalue weighted by Gasteiger charge is 2.14. The Morgan fingerprint density at radius 3 is 2.75 bits per heavy atom. The van der Waals surface area contributed by atoms with Gasteiger partial charge in [-0.1, -0.05) is 19.1 Å².